The molecule has 0 saturated heterocycles. The molecule has 98 valence electrons. The van der Waals surface area contributed by atoms with E-state index in [9.17, 15) is 9.90 Å². The quantitative estimate of drug-likeness (QED) is 0.924. The summed E-state index contributed by atoms with van der Waals surface area (Å²) in [5.74, 6) is -0.962. The van der Waals surface area contributed by atoms with Crippen LogP contribution in [-0.4, -0.2) is 20.9 Å². The SMILES string of the molecule is Cc1ccc(Br)cc1-c1c(C(=O)O)nn2c1CCC2. The third-order valence-corrected chi connectivity index (χ3v) is 4.01. The van der Waals surface area contributed by atoms with Gasteiger partial charge >= 0.3 is 5.97 Å². The van der Waals surface area contributed by atoms with Gasteiger partial charge in [0.15, 0.2) is 5.69 Å². The first-order chi connectivity index (χ1) is 9.08. The van der Waals surface area contributed by atoms with Crippen LogP contribution in [0.3, 0.4) is 0 Å². The number of hydrogen-bond donors (Lipinski definition) is 1. The Kier molecular flexibility index (Phi) is 2.93. The standard InChI is InChI=1S/C14H13BrN2O2/c1-8-4-5-9(15)7-10(8)12-11-3-2-6-17(11)16-13(12)14(18)19/h4-5,7H,2-3,6H2,1H3,(H,18,19). The van der Waals surface area contributed by atoms with Crippen molar-refractivity contribution in [3.05, 3.63) is 39.6 Å². The molecule has 0 amide bonds. The predicted octanol–water partition coefficient (Wildman–Crippen LogP) is 3.27. The fourth-order valence-corrected chi connectivity index (χ4v) is 2.99. The lowest BCUT2D eigenvalue weighted by atomic mass is 9.97. The smallest absolute Gasteiger partial charge is 0.357 e. The van der Waals surface area contributed by atoms with E-state index in [1.54, 1.807) is 0 Å². The summed E-state index contributed by atoms with van der Waals surface area (Å²) in [6, 6.07) is 5.92. The monoisotopic (exact) mass is 320 g/mol. The molecule has 5 heteroatoms. The van der Waals surface area contributed by atoms with Gasteiger partial charge in [0.1, 0.15) is 0 Å². The zero-order valence-electron chi connectivity index (χ0n) is 10.5. The molecule has 0 spiro atoms. The second-order valence-corrected chi connectivity index (χ2v) is 5.68. The van der Waals surface area contributed by atoms with Crippen molar-refractivity contribution in [3.8, 4) is 11.1 Å². The number of halogens is 1. The Morgan fingerprint density at radius 1 is 1.47 bits per heavy atom. The third kappa shape index (κ3) is 1.98. The van der Waals surface area contributed by atoms with Gasteiger partial charge in [-0.15, -0.1) is 0 Å². The van der Waals surface area contributed by atoms with Gasteiger partial charge in [-0.2, -0.15) is 5.10 Å². The molecule has 1 aliphatic rings. The summed E-state index contributed by atoms with van der Waals surface area (Å²) in [5.41, 5.74) is 4.00. The van der Waals surface area contributed by atoms with E-state index in [1.165, 1.54) is 0 Å². The molecular weight excluding hydrogens is 308 g/mol. The van der Waals surface area contributed by atoms with E-state index in [-0.39, 0.29) is 5.69 Å². The van der Waals surface area contributed by atoms with Crippen LogP contribution in [0.1, 0.15) is 28.2 Å². The highest BCUT2D eigenvalue weighted by atomic mass is 79.9. The van der Waals surface area contributed by atoms with E-state index < -0.39 is 5.97 Å². The Morgan fingerprint density at radius 2 is 2.26 bits per heavy atom. The number of carbonyl (C=O) groups is 1. The number of rotatable bonds is 2. The van der Waals surface area contributed by atoms with Crippen molar-refractivity contribution < 1.29 is 9.90 Å². The Balaban J connectivity index is 2.29. The molecule has 1 N–H and O–H groups in total. The highest BCUT2D eigenvalue weighted by molar-refractivity contribution is 9.10. The van der Waals surface area contributed by atoms with E-state index in [0.29, 0.717) is 0 Å². The Labute approximate surface area is 119 Å². The van der Waals surface area contributed by atoms with Gasteiger partial charge < -0.3 is 5.11 Å². The molecule has 0 aliphatic carbocycles. The lowest BCUT2D eigenvalue weighted by Crippen LogP contribution is -2.02. The van der Waals surface area contributed by atoms with Crippen LogP contribution in [0.5, 0.6) is 0 Å². The van der Waals surface area contributed by atoms with Crippen molar-refractivity contribution in [1.82, 2.24) is 9.78 Å². The van der Waals surface area contributed by atoms with E-state index in [2.05, 4.69) is 21.0 Å². The lowest BCUT2D eigenvalue weighted by Gasteiger charge is -2.07. The Morgan fingerprint density at radius 3 is 3.00 bits per heavy atom. The molecule has 19 heavy (non-hydrogen) atoms. The van der Waals surface area contributed by atoms with Crippen LogP contribution in [0.2, 0.25) is 0 Å². The largest absolute Gasteiger partial charge is 0.476 e. The summed E-state index contributed by atoms with van der Waals surface area (Å²) < 4.78 is 2.78. The number of fused-ring (bicyclic) bond motifs is 1. The van der Waals surface area contributed by atoms with Crippen LogP contribution < -0.4 is 0 Å². The van der Waals surface area contributed by atoms with Crippen LogP contribution in [-0.2, 0) is 13.0 Å². The second kappa shape index (κ2) is 4.49. The maximum absolute atomic E-state index is 11.4. The first-order valence-electron chi connectivity index (χ1n) is 6.17. The first kappa shape index (κ1) is 12.4. The molecule has 0 fully saturated rings. The van der Waals surface area contributed by atoms with Gasteiger partial charge in [-0.05, 0) is 43.0 Å². The zero-order valence-corrected chi connectivity index (χ0v) is 12.1. The number of benzene rings is 1. The van der Waals surface area contributed by atoms with Crippen LogP contribution in [0.4, 0.5) is 0 Å². The maximum Gasteiger partial charge on any atom is 0.357 e. The van der Waals surface area contributed by atoms with Gasteiger partial charge in [-0.25, -0.2) is 4.79 Å². The number of carboxylic acids is 1. The molecule has 3 rings (SSSR count). The maximum atomic E-state index is 11.4. The third-order valence-electron chi connectivity index (χ3n) is 3.51. The minimum absolute atomic E-state index is 0.163. The number of carboxylic acid groups (broad SMARTS) is 1. The van der Waals surface area contributed by atoms with Crippen molar-refractivity contribution in [3.63, 3.8) is 0 Å². The van der Waals surface area contributed by atoms with Gasteiger partial charge in [0.05, 0.1) is 0 Å². The topological polar surface area (TPSA) is 55.1 Å². The lowest BCUT2D eigenvalue weighted by molar-refractivity contribution is 0.0690. The molecule has 0 bridgehead atoms. The van der Waals surface area contributed by atoms with Crippen molar-refractivity contribution in [2.75, 3.05) is 0 Å². The summed E-state index contributed by atoms with van der Waals surface area (Å²) in [6.07, 6.45) is 1.92. The van der Waals surface area contributed by atoms with Crippen molar-refractivity contribution in [2.45, 2.75) is 26.3 Å². The minimum atomic E-state index is -0.962. The summed E-state index contributed by atoms with van der Waals surface area (Å²) in [7, 11) is 0. The molecule has 0 radical (unpaired) electrons. The van der Waals surface area contributed by atoms with Gasteiger partial charge in [0, 0.05) is 22.3 Å². The molecule has 2 aromatic rings. The van der Waals surface area contributed by atoms with Crippen molar-refractivity contribution >= 4 is 21.9 Å². The normalized spacial score (nSPS) is 13.6. The van der Waals surface area contributed by atoms with Gasteiger partial charge in [-0.3, -0.25) is 4.68 Å². The molecule has 1 aromatic carbocycles. The highest BCUT2D eigenvalue weighted by Gasteiger charge is 2.27. The first-order valence-corrected chi connectivity index (χ1v) is 6.96. The minimum Gasteiger partial charge on any atom is -0.476 e. The molecule has 0 saturated carbocycles. The highest BCUT2D eigenvalue weighted by Crippen LogP contribution is 2.35. The van der Waals surface area contributed by atoms with Crippen LogP contribution in [0, 0.1) is 6.92 Å². The molecular formula is C14H13BrN2O2. The molecule has 4 nitrogen and oxygen atoms in total. The predicted molar refractivity (Wildman–Crippen MR) is 75.4 cm³/mol. The van der Waals surface area contributed by atoms with Crippen LogP contribution >= 0.6 is 15.9 Å². The summed E-state index contributed by atoms with van der Waals surface area (Å²) in [4.78, 5) is 11.4. The Hall–Kier alpha value is -1.62. The van der Waals surface area contributed by atoms with Crippen molar-refractivity contribution in [2.24, 2.45) is 0 Å². The second-order valence-electron chi connectivity index (χ2n) is 4.76. The van der Waals surface area contributed by atoms with Gasteiger partial charge in [0.2, 0.25) is 0 Å². The van der Waals surface area contributed by atoms with E-state index in [1.807, 2.05) is 29.8 Å². The molecule has 2 heterocycles. The number of aryl methyl sites for hydroxylation is 2. The molecule has 0 unspecified atom stereocenters. The van der Waals surface area contributed by atoms with Crippen LogP contribution in [0.15, 0.2) is 22.7 Å². The van der Waals surface area contributed by atoms with Gasteiger partial charge in [-0.1, -0.05) is 22.0 Å². The molecule has 1 aliphatic heterocycles. The van der Waals surface area contributed by atoms with Crippen molar-refractivity contribution in [1.29, 1.82) is 0 Å². The van der Waals surface area contributed by atoms with E-state index >= 15 is 0 Å². The zero-order chi connectivity index (χ0) is 13.6. The summed E-state index contributed by atoms with van der Waals surface area (Å²) in [6.45, 7) is 2.80. The summed E-state index contributed by atoms with van der Waals surface area (Å²) in [5, 5.41) is 13.6. The van der Waals surface area contributed by atoms with E-state index in [4.69, 9.17) is 0 Å². The number of nitrogens with zero attached hydrogens (tertiary/aromatic N) is 2. The number of aromatic carboxylic acids is 1. The number of hydrogen-bond acceptors (Lipinski definition) is 2. The molecule has 1 aromatic heterocycles. The Bertz CT molecular complexity index is 676. The van der Waals surface area contributed by atoms with Crippen LogP contribution in [0.25, 0.3) is 11.1 Å². The fourth-order valence-electron chi connectivity index (χ4n) is 2.63. The average molecular weight is 321 g/mol. The van der Waals surface area contributed by atoms with Gasteiger partial charge in [0.25, 0.3) is 0 Å². The molecule has 0 atom stereocenters. The fraction of sp³-hybridized carbons (Fsp3) is 0.286. The summed E-state index contributed by atoms with van der Waals surface area (Å²) >= 11 is 3.45. The van der Waals surface area contributed by atoms with E-state index in [0.717, 1.165) is 46.2 Å². The number of aromatic nitrogens is 2. The average Bonchev–Trinajstić information content (AvgIpc) is 2.92.